The van der Waals surface area contributed by atoms with Crippen LogP contribution in [0, 0.1) is 0 Å². The molecule has 1 amide bonds. The molecule has 0 aromatic heterocycles. The van der Waals surface area contributed by atoms with Crippen LogP contribution in [0.25, 0.3) is 0 Å². The molecule has 3 aromatic rings. The topological polar surface area (TPSA) is 107 Å². The van der Waals surface area contributed by atoms with E-state index >= 15 is 0 Å². The van der Waals surface area contributed by atoms with E-state index < -0.39 is 22.5 Å². The lowest BCUT2D eigenvalue weighted by molar-refractivity contribution is -0.119. The Morgan fingerprint density at radius 1 is 0.972 bits per heavy atom. The van der Waals surface area contributed by atoms with Gasteiger partial charge in [0.1, 0.15) is 18.9 Å². The average Bonchev–Trinajstić information content (AvgIpc) is 2.87. The van der Waals surface area contributed by atoms with Crippen LogP contribution in [-0.2, 0) is 21.4 Å². The minimum Gasteiger partial charge on any atom is -0.495 e. The van der Waals surface area contributed by atoms with Crippen molar-refractivity contribution in [2.24, 2.45) is 5.10 Å². The van der Waals surface area contributed by atoms with Crippen molar-refractivity contribution in [3.63, 3.8) is 0 Å². The lowest BCUT2D eigenvalue weighted by Crippen LogP contribution is -2.39. The second-order valence-electron chi connectivity index (χ2n) is 7.65. The highest BCUT2D eigenvalue weighted by atomic mass is 32.2. The number of amides is 1. The molecule has 1 N–H and O–H groups in total. The summed E-state index contributed by atoms with van der Waals surface area (Å²) in [6, 6.07) is 21.6. The molecule has 36 heavy (non-hydrogen) atoms. The molecule has 9 nitrogen and oxygen atoms in total. The van der Waals surface area contributed by atoms with Gasteiger partial charge in [-0.15, -0.1) is 0 Å². The van der Waals surface area contributed by atoms with Gasteiger partial charge in [0.25, 0.3) is 5.91 Å². The van der Waals surface area contributed by atoms with E-state index in [1.807, 2.05) is 37.3 Å². The molecule has 0 aliphatic rings. The van der Waals surface area contributed by atoms with Gasteiger partial charge < -0.3 is 14.2 Å². The van der Waals surface area contributed by atoms with Crippen molar-refractivity contribution < 1.29 is 27.4 Å². The Hall–Kier alpha value is -4.05. The van der Waals surface area contributed by atoms with Gasteiger partial charge in [-0.3, -0.25) is 9.10 Å². The Balaban J connectivity index is 1.67. The maximum absolute atomic E-state index is 12.5. The maximum Gasteiger partial charge on any atom is 0.260 e. The van der Waals surface area contributed by atoms with Crippen LogP contribution in [0.1, 0.15) is 18.1 Å². The zero-order chi connectivity index (χ0) is 26.0. The van der Waals surface area contributed by atoms with Crippen LogP contribution in [0.2, 0.25) is 0 Å². The first-order chi connectivity index (χ1) is 17.3. The molecular formula is C26H29N3O6S. The van der Waals surface area contributed by atoms with Crippen LogP contribution in [0.4, 0.5) is 5.69 Å². The van der Waals surface area contributed by atoms with Gasteiger partial charge in [0.2, 0.25) is 10.0 Å². The highest BCUT2D eigenvalue weighted by Crippen LogP contribution is 2.30. The van der Waals surface area contributed by atoms with Gasteiger partial charge in [-0.2, -0.15) is 5.10 Å². The van der Waals surface area contributed by atoms with E-state index in [1.165, 1.54) is 13.3 Å². The Morgan fingerprint density at radius 3 is 2.39 bits per heavy atom. The standard InChI is InChI=1S/C26H29N3O6S/c1-4-34-25-16-21(14-15-24(25)35-19-20-10-6-5-7-11-20)17-27-28-26(30)18-29(36(3,31)32)22-12-8-9-13-23(22)33-2/h5-17H,4,18-19H2,1-3H3,(H,28,30)/b27-17-. The van der Waals surface area contributed by atoms with Crippen LogP contribution in [0.5, 0.6) is 17.2 Å². The summed E-state index contributed by atoms with van der Waals surface area (Å²) in [6.07, 6.45) is 2.46. The predicted octanol–water partition coefficient (Wildman–Crippen LogP) is 3.59. The third kappa shape index (κ3) is 7.47. The summed E-state index contributed by atoms with van der Waals surface area (Å²) in [6.45, 7) is 2.25. The highest BCUT2D eigenvalue weighted by molar-refractivity contribution is 7.92. The van der Waals surface area contributed by atoms with Gasteiger partial charge >= 0.3 is 0 Å². The highest BCUT2D eigenvalue weighted by Gasteiger charge is 2.23. The van der Waals surface area contributed by atoms with Crippen LogP contribution in [-0.4, -0.2) is 47.1 Å². The minimum atomic E-state index is -3.75. The Kier molecular flexibility index (Phi) is 9.29. The van der Waals surface area contributed by atoms with Crippen molar-refractivity contribution in [1.29, 1.82) is 0 Å². The summed E-state index contributed by atoms with van der Waals surface area (Å²) in [4.78, 5) is 12.5. The SMILES string of the molecule is CCOc1cc(/C=N\NC(=O)CN(c2ccccc2OC)S(C)(=O)=O)ccc1OCc1ccccc1. The molecule has 0 aliphatic heterocycles. The molecule has 0 unspecified atom stereocenters. The maximum atomic E-state index is 12.5. The number of anilines is 1. The number of ether oxygens (including phenoxy) is 3. The van der Waals surface area contributed by atoms with Gasteiger partial charge in [0.05, 0.1) is 31.9 Å². The van der Waals surface area contributed by atoms with Crippen molar-refractivity contribution in [2.45, 2.75) is 13.5 Å². The third-order valence-corrected chi connectivity index (χ3v) is 6.08. The van der Waals surface area contributed by atoms with Crippen molar-refractivity contribution in [3.8, 4) is 17.2 Å². The summed E-state index contributed by atoms with van der Waals surface area (Å²) in [5.74, 6) is 0.846. The summed E-state index contributed by atoms with van der Waals surface area (Å²) >= 11 is 0. The number of sulfonamides is 1. The van der Waals surface area contributed by atoms with Crippen molar-refractivity contribution in [1.82, 2.24) is 5.43 Å². The Labute approximate surface area is 211 Å². The number of methoxy groups -OCH3 is 1. The van der Waals surface area contributed by atoms with E-state index in [-0.39, 0.29) is 5.69 Å². The fourth-order valence-corrected chi connectivity index (χ4v) is 4.15. The molecule has 10 heteroatoms. The lowest BCUT2D eigenvalue weighted by Gasteiger charge is -2.23. The van der Waals surface area contributed by atoms with Crippen LogP contribution in [0.15, 0.2) is 77.9 Å². The summed E-state index contributed by atoms with van der Waals surface area (Å²) < 4.78 is 42.5. The van der Waals surface area contributed by atoms with E-state index in [0.29, 0.717) is 36.0 Å². The number of hydrogen-bond acceptors (Lipinski definition) is 7. The number of hydrogen-bond donors (Lipinski definition) is 1. The van der Waals surface area contributed by atoms with E-state index in [0.717, 1.165) is 16.1 Å². The minimum absolute atomic E-state index is 0.258. The summed E-state index contributed by atoms with van der Waals surface area (Å²) in [7, 11) is -2.33. The molecule has 0 bridgehead atoms. The van der Waals surface area contributed by atoms with Crippen molar-refractivity contribution >= 4 is 27.8 Å². The van der Waals surface area contributed by atoms with Crippen LogP contribution >= 0.6 is 0 Å². The lowest BCUT2D eigenvalue weighted by atomic mass is 10.2. The smallest absolute Gasteiger partial charge is 0.260 e. The van der Waals surface area contributed by atoms with E-state index in [4.69, 9.17) is 14.2 Å². The second-order valence-corrected chi connectivity index (χ2v) is 9.55. The summed E-state index contributed by atoms with van der Waals surface area (Å²) in [5.41, 5.74) is 4.32. The molecule has 0 heterocycles. The molecule has 190 valence electrons. The molecule has 0 saturated heterocycles. The molecule has 0 fully saturated rings. The fraction of sp³-hybridized carbons (Fsp3) is 0.231. The zero-order valence-electron chi connectivity index (χ0n) is 20.4. The molecule has 0 radical (unpaired) electrons. The van der Waals surface area contributed by atoms with Crippen LogP contribution < -0.4 is 23.9 Å². The Morgan fingerprint density at radius 2 is 1.69 bits per heavy atom. The van der Waals surface area contributed by atoms with E-state index in [2.05, 4.69) is 10.5 Å². The van der Waals surface area contributed by atoms with Gasteiger partial charge in [-0.05, 0) is 48.4 Å². The third-order valence-electron chi connectivity index (χ3n) is 4.95. The number of nitrogens with zero attached hydrogens (tertiary/aromatic N) is 2. The number of hydrazone groups is 1. The van der Waals surface area contributed by atoms with Crippen LogP contribution in [0.3, 0.4) is 0 Å². The average molecular weight is 512 g/mol. The summed E-state index contributed by atoms with van der Waals surface area (Å²) in [5, 5.41) is 3.96. The number of para-hydroxylation sites is 2. The van der Waals surface area contributed by atoms with E-state index in [1.54, 1.807) is 42.5 Å². The van der Waals surface area contributed by atoms with E-state index in [9.17, 15) is 13.2 Å². The largest absolute Gasteiger partial charge is 0.495 e. The first-order valence-corrected chi connectivity index (χ1v) is 13.0. The van der Waals surface area contributed by atoms with Crippen molar-refractivity contribution in [2.75, 3.05) is 30.8 Å². The zero-order valence-corrected chi connectivity index (χ0v) is 21.2. The molecule has 0 saturated carbocycles. The molecule has 0 aliphatic carbocycles. The van der Waals surface area contributed by atoms with Gasteiger partial charge in [0.15, 0.2) is 11.5 Å². The number of carbonyl (C=O) groups is 1. The van der Waals surface area contributed by atoms with Gasteiger partial charge in [-0.1, -0.05) is 42.5 Å². The van der Waals surface area contributed by atoms with Gasteiger partial charge in [0, 0.05) is 0 Å². The molecule has 3 rings (SSSR count). The number of benzene rings is 3. The molecule has 0 spiro atoms. The number of carbonyl (C=O) groups excluding carboxylic acids is 1. The normalized spacial score (nSPS) is 11.2. The van der Waals surface area contributed by atoms with Gasteiger partial charge in [-0.25, -0.2) is 13.8 Å². The Bertz CT molecular complexity index is 1300. The fourth-order valence-electron chi connectivity index (χ4n) is 3.29. The van der Waals surface area contributed by atoms with Crippen molar-refractivity contribution in [3.05, 3.63) is 83.9 Å². The monoisotopic (exact) mass is 511 g/mol. The number of rotatable bonds is 12. The number of nitrogens with one attached hydrogen (secondary N) is 1. The quantitative estimate of drug-likeness (QED) is 0.294. The molecule has 0 atom stereocenters. The predicted molar refractivity (Wildman–Crippen MR) is 139 cm³/mol. The first kappa shape index (κ1) is 26.6. The molecular weight excluding hydrogens is 482 g/mol. The molecule has 3 aromatic carbocycles. The first-order valence-electron chi connectivity index (χ1n) is 11.2. The second kappa shape index (κ2) is 12.6.